The van der Waals surface area contributed by atoms with Gasteiger partial charge in [0.2, 0.25) is 0 Å². The number of ether oxygens (including phenoxy) is 2. The van der Waals surface area contributed by atoms with E-state index < -0.39 is 0 Å². The molecule has 0 saturated heterocycles. The maximum absolute atomic E-state index is 5.86. The van der Waals surface area contributed by atoms with Crippen molar-refractivity contribution >= 4 is 15.9 Å². The largest absolute Gasteiger partial charge is 0.497 e. The van der Waals surface area contributed by atoms with Gasteiger partial charge in [-0.25, -0.2) is 0 Å². The fourth-order valence-corrected chi connectivity index (χ4v) is 2.78. The average molecular weight is 340 g/mol. The highest BCUT2D eigenvalue weighted by Crippen LogP contribution is 2.33. The van der Waals surface area contributed by atoms with E-state index >= 15 is 0 Å². The van der Waals surface area contributed by atoms with Crippen LogP contribution in [0.5, 0.6) is 5.75 Å². The van der Waals surface area contributed by atoms with Gasteiger partial charge in [0.15, 0.2) is 0 Å². The van der Waals surface area contributed by atoms with Crippen molar-refractivity contribution in [3.05, 3.63) is 40.1 Å². The number of allylic oxidation sites excluding steroid dienone is 1. The number of nitrogens with one attached hydrogen (secondary N) is 1. The topological polar surface area (TPSA) is 30.5 Å². The maximum atomic E-state index is 5.86. The zero-order chi connectivity index (χ0) is 14.4. The van der Waals surface area contributed by atoms with E-state index in [4.69, 9.17) is 9.47 Å². The van der Waals surface area contributed by atoms with Gasteiger partial charge in [-0.3, -0.25) is 0 Å². The SMILES string of the molecule is CCCNC(C1=CCCCO1)c1cc(OC)ccc1Br. The Balaban J connectivity index is 2.32. The minimum atomic E-state index is 0.0831. The molecule has 3 nitrogen and oxygen atoms in total. The zero-order valence-corrected chi connectivity index (χ0v) is 13.7. The smallest absolute Gasteiger partial charge is 0.119 e. The van der Waals surface area contributed by atoms with E-state index in [0.29, 0.717) is 0 Å². The molecule has 1 unspecified atom stereocenters. The van der Waals surface area contributed by atoms with E-state index in [-0.39, 0.29) is 6.04 Å². The highest BCUT2D eigenvalue weighted by atomic mass is 79.9. The molecule has 0 saturated carbocycles. The molecule has 1 heterocycles. The Hall–Kier alpha value is -1.00. The molecule has 1 aromatic carbocycles. The van der Waals surface area contributed by atoms with Crippen LogP contribution in [0.4, 0.5) is 0 Å². The van der Waals surface area contributed by atoms with Gasteiger partial charge >= 0.3 is 0 Å². The molecule has 0 aromatic heterocycles. The molecule has 20 heavy (non-hydrogen) atoms. The Kier molecular flexibility index (Phi) is 5.92. The fourth-order valence-electron chi connectivity index (χ4n) is 2.30. The second-order valence-electron chi connectivity index (χ2n) is 4.87. The van der Waals surface area contributed by atoms with Crippen molar-refractivity contribution in [1.29, 1.82) is 0 Å². The Bertz CT molecular complexity index is 474. The minimum Gasteiger partial charge on any atom is -0.497 e. The molecule has 1 aromatic rings. The van der Waals surface area contributed by atoms with Gasteiger partial charge in [-0.05, 0) is 55.6 Å². The van der Waals surface area contributed by atoms with Crippen LogP contribution >= 0.6 is 15.9 Å². The summed E-state index contributed by atoms with van der Waals surface area (Å²) in [4.78, 5) is 0. The molecule has 1 atom stereocenters. The highest BCUT2D eigenvalue weighted by Gasteiger charge is 2.22. The third-order valence-corrected chi connectivity index (χ3v) is 4.08. The van der Waals surface area contributed by atoms with Gasteiger partial charge in [0.1, 0.15) is 11.5 Å². The van der Waals surface area contributed by atoms with Crippen LogP contribution in [0.25, 0.3) is 0 Å². The third-order valence-electron chi connectivity index (χ3n) is 3.36. The molecule has 0 bridgehead atoms. The summed E-state index contributed by atoms with van der Waals surface area (Å²) in [5.41, 5.74) is 1.16. The molecule has 1 aliphatic heterocycles. The molecular formula is C16H22BrNO2. The third kappa shape index (κ3) is 3.76. The van der Waals surface area contributed by atoms with Crippen LogP contribution < -0.4 is 10.1 Å². The van der Waals surface area contributed by atoms with Gasteiger partial charge < -0.3 is 14.8 Å². The normalized spacial score (nSPS) is 16.2. The van der Waals surface area contributed by atoms with Gasteiger partial charge in [0.05, 0.1) is 19.8 Å². The van der Waals surface area contributed by atoms with Gasteiger partial charge in [0.25, 0.3) is 0 Å². The molecule has 2 rings (SSSR count). The summed E-state index contributed by atoms with van der Waals surface area (Å²) in [5, 5.41) is 3.57. The summed E-state index contributed by atoms with van der Waals surface area (Å²) < 4.78 is 12.3. The average Bonchev–Trinajstić information content (AvgIpc) is 2.50. The van der Waals surface area contributed by atoms with Crippen LogP contribution in [0.2, 0.25) is 0 Å². The monoisotopic (exact) mass is 339 g/mol. The Morgan fingerprint density at radius 3 is 2.95 bits per heavy atom. The van der Waals surface area contributed by atoms with E-state index in [9.17, 15) is 0 Å². The first kappa shape index (κ1) is 15.4. The van der Waals surface area contributed by atoms with Crippen molar-refractivity contribution in [3.8, 4) is 5.75 Å². The zero-order valence-electron chi connectivity index (χ0n) is 12.1. The van der Waals surface area contributed by atoms with Crippen LogP contribution in [0.15, 0.2) is 34.5 Å². The van der Waals surface area contributed by atoms with Crippen molar-refractivity contribution in [2.24, 2.45) is 0 Å². The van der Waals surface area contributed by atoms with Crippen LogP contribution in [-0.2, 0) is 4.74 Å². The first-order valence-electron chi connectivity index (χ1n) is 7.16. The number of hydrogen-bond donors (Lipinski definition) is 1. The molecule has 0 aliphatic carbocycles. The lowest BCUT2D eigenvalue weighted by molar-refractivity contribution is 0.167. The van der Waals surface area contributed by atoms with Crippen molar-refractivity contribution < 1.29 is 9.47 Å². The molecule has 0 fully saturated rings. The van der Waals surface area contributed by atoms with Gasteiger partial charge in [-0.15, -0.1) is 0 Å². The molecule has 1 aliphatic rings. The Morgan fingerprint density at radius 1 is 1.45 bits per heavy atom. The number of halogens is 1. The van der Waals surface area contributed by atoms with Gasteiger partial charge in [0, 0.05) is 4.47 Å². The minimum absolute atomic E-state index is 0.0831. The first-order chi connectivity index (χ1) is 9.76. The summed E-state index contributed by atoms with van der Waals surface area (Å²) in [6, 6.07) is 6.13. The van der Waals surface area contributed by atoms with E-state index in [2.05, 4.69) is 40.3 Å². The van der Waals surface area contributed by atoms with Crippen LogP contribution in [0.1, 0.15) is 37.8 Å². The predicted octanol–water partition coefficient (Wildman–Crippen LogP) is 4.19. The summed E-state index contributed by atoms with van der Waals surface area (Å²) in [6.07, 6.45) is 5.47. The Labute approximate surface area is 129 Å². The van der Waals surface area contributed by atoms with Crippen LogP contribution in [0.3, 0.4) is 0 Å². The predicted molar refractivity (Wildman–Crippen MR) is 85.0 cm³/mol. The molecule has 110 valence electrons. The molecule has 0 amide bonds. The molecule has 0 spiro atoms. The maximum Gasteiger partial charge on any atom is 0.119 e. The number of hydrogen-bond acceptors (Lipinski definition) is 3. The lowest BCUT2D eigenvalue weighted by Gasteiger charge is -2.26. The van der Waals surface area contributed by atoms with E-state index in [1.807, 2.05) is 12.1 Å². The summed E-state index contributed by atoms with van der Waals surface area (Å²) in [6.45, 7) is 3.92. The van der Waals surface area contributed by atoms with E-state index in [1.54, 1.807) is 7.11 Å². The van der Waals surface area contributed by atoms with Gasteiger partial charge in [-0.1, -0.05) is 22.9 Å². The summed E-state index contributed by atoms with van der Waals surface area (Å²) >= 11 is 3.64. The number of rotatable bonds is 6. The lowest BCUT2D eigenvalue weighted by Crippen LogP contribution is -2.26. The highest BCUT2D eigenvalue weighted by molar-refractivity contribution is 9.10. The van der Waals surface area contributed by atoms with Crippen molar-refractivity contribution in [3.63, 3.8) is 0 Å². The summed E-state index contributed by atoms with van der Waals surface area (Å²) in [7, 11) is 1.69. The van der Waals surface area contributed by atoms with Crippen molar-refractivity contribution in [1.82, 2.24) is 5.32 Å². The molecular weight excluding hydrogens is 318 g/mol. The van der Waals surface area contributed by atoms with Crippen LogP contribution in [0, 0.1) is 0 Å². The summed E-state index contributed by atoms with van der Waals surface area (Å²) in [5.74, 6) is 1.89. The standard InChI is InChI=1S/C16H22BrNO2/c1-3-9-18-16(15-6-4-5-10-20-15)13-11-12(19-2)7-8-14(13)17/h6-8,11,16,18H,3-5,9-10H2,1-2H3. The molecule has 1 N–H and O–H groups in total. The second-order valence-corrected chi connectivity index (χ2v) is 5.73. The number of benzene rings is 1. The first-order valence-corrected chi connectivity index (χ1v) is 7.95. The van der Waals surface area contributed by atoms with Gasteiger partial charge in [-0.2, -0.15) is 0 Å². The number of methoxy groups -OCH3 is 1. The molecule has 4 heteroatoms. The van der Waals surface area contributed by atoms with E-state index in [1.165, 1.54) is 0 Å². The lowest BCUT2D eigenvalue weighted by atomic mass is 10.0. The van der Waals surface area contributed by atoms with Crippen molar-refractivity contribution in [2.45, 2.75) is 32.2 Å². The van der Waals surface area contributed by atoms with E-state index in [0.717, 1.165) is 54.0 Å². The quantitative estimate of drug-likeness (QED) is 0.842. The fraction of sp³-hybridized carbons (Fsp3) is 0.500. The van der Waals surface area contributed by atoms with Crippen LogP contribution in [-0.4, -0.2) is 20.3 Å². The molecule has 0 radical (unpaired) electrons. The Morgan fingerprint density at radius 2 is 2.30 bits per heavy atom. The van der Waals surface area contributed by atoms with Crippen molar-refractivity contribution in [2.75, 3.05) is 20.3 Å². The second kappa shape index (κ2) is 7.70.